The standard InChI is InChI=1S/C31H61NO4Si3/c1-30-18-17-23(35-38(7,8)9)19-22(30)13-14-24-25-15-16-26(27(32-33-3)21-34-37(4,5)6)31(25,2)20-28(29(24)30)36-39(10,11)12/h22-26,28-29H,13-21H2,1-12H3/b32-27+/t22-,23-,24-,25-,26+,28-,29+,30-,31-/m0/s1. The van der Waals surface area contributed by atoms with E-state index >= 15 is 0 Å². The van der Waals surface area contributed by atoms with Gasteiger partial charge in [-0.2, -0.15) is 0 Å². The van der Waals surface area contributed by atoms with Gasteiger partial charge in [-0.25, -0.2) is 0 Å². The van der Waals surface area contributed by atoms with Crippen molar-refractivity contribution in [2.45, 2.75) is 136 Å². The first-order chi connectivity index (χ1) is 17.9. The zero-order chi connectivity index (χ0) is 29.0. The van der Waals surface area contributed by atoms with Gasteiger partial charge >= 0.3 is 0 Å². The number of nitrogens with zero attached hydrogens (tertiary/aromatic N) is 1. The maximum atomic E-state index is 7.26. The summed E-state index contributed by atoms with van der Waals surface area (Å²) in [6.07, 6.45) is 11.0. The van der Waals surface area contributed by atoms with Crippen molar-refractivity contribution < 1.29 is 18.1 Å². The maximum absolute atomic E-state index is 7.26. The van der Waals surface area contributed by atoms with Gasteiger partial charge in [0, 0.05) is 18.1 Å². The molecule has 4 saturated carbocycles. The van der Waals surface area contributed by atoms with E-state index in [2.05, 4.69) is 77.9 Å². The molecule has 0 saturated heterocycles. The molecular formula is C31H61NO4Si3. The molecule has 39 heavy (non-hydrogen) atoms. The predicted molar refractivity (Wildman–Crippen MR) is 171 cm³/mol. The van der Waals surface area contributed by atoms with Gasteiger partial charge in [0.25, 0.3) is 0 Å². The molecule has 0 spiro atoms. The maximum Gasteiger partial charge on any atom is 0.184 e. The molecule has 0 bridgehead atoms. The van der Waals surface area contributed by atoms with Crippen LogP contribution in [-0.4, -0.2) is 56.6 Å². The third-order valence-corrected chi connectivity index (χ3v) is 13.9. The minimum absolute atomic E-state index is 0.187. The van der Waals surface area contributed by atoms with Crippen LogP contribution in [0.2, 0.25) is 58.9 Å². The second-order valence-corrected chi connectivity index (χ2v) is 30.4. The Kier molecular flexibility index (Phi) is 9.21. The molecule has 4 fully saturated rings. The van der Waals surface area contributed by atoms with E-state index in [-0.39, 0.29) is 5.41 Å². The molecular weight excluding hydrogens is 535 g/mol. The summed E-state index contributed by atoms with van der Waals surface area (Å²) in [5.74, 6) is 3.32. The van der Waals surface area contributed by atoms with Crippen LogP contribution in [0.15, 0.2) is 5.16 Å². The first kappa shape index (κ1) is 31.9. The molecule has 5 nitrogen and oxygen atoms in total. The zero-order valence-corrected chi connectivity index (χ0v) is 30.5. The summed E-state index contributed by atoms with van der Waals surface area (Å²) >= 11 is 0. The second-order valence-electron chi connectivity index (χ2n) is 17.0. The van der Waals surface area contributed by atoms with Crippen molar-refractivity contribution in [3.05, 3.63) is 0 Å². The van der Waals surface area contributed by atoms with Crippen molar-refractivity contribution in [3.63, 3.8) is 0 Å². The Labute approximate surface area is 243 Å². The number of hydrogen-bond donors (Lipinski definition) is 0. The lowest BCUT2D eigenvalue weighted by Crippen LogP contribution is -2.61. The molecule has 0 radical (unpaired) electrons. The van der Waals surface area contributed by atoms with Crippen LogP contribution >= 0.6 is 0 Å². The van der Waals surface area contributed by atoms with Crippen LogP contribution in [0.5, 0.6) is 0 Å². The number of hydrogen-bond acceptors (Lipinski definition) is 5. The van der Waals surface area contributed by atoms with E-state index in [1.54, 1.807) is 7.11 Å². The Balaban J connectivity index is 1.64. The van der Waals surface area contributed by atoms with Crippen LogP contribution in [0.4, 0.5) is 0 Å². The zero-order valence-electron chi connectivity index (χ0n) is 27.5. The van der Waals surface area contributed by atoms with Crippen molar-refractivity contribution in [2.24, 2.45) is 45.6 Å². The van der Waals surface area contributed by atoms with E-state index in [0.717, 1.165) is 29.9 Å². The summed E-state index contributed by atoms with van der Waals surface area (Å²) in [7, 11) is -3.21. The van der Waals surface area contributed by atoms with Crippen LogP contribution in [0.3, 0.4) is 0 Å². The molecule has 4 aliphatic rings. The lowest BCUT2D eigenvalue weighted by Gasteiger charge is -2.64. The van der Waals surface area contributed by atoms with E-state index in [9.17, 15) is 0 Å². The van der Waals surface area contributed by atoms with Crippen molar-refractivity contribution in [3.8, 4) is 0 Å². The van der Waals surface area contributed by atoms with Gasteiger partial charge in [-0.05, 0) is 145 Å². The number of rotatable bonds is 9. The molecule has 0 aliphatic heterocycles. The van der Waals surface area contributed by atoms with Crippen molar-refractivity contribution in [1.29, 1.82) is 0 Å². The van der Waals surface area contributed by atoms with E-state index in [1.165, 1.54) is 44.9 Å². The molecule has 0 aromatic rings. The first-order valence-electron chi connectivity index (χ1n) is 16.0. The summed E-state index contributed by atoms with van der Waals surface area (Å²) in [4.78, 5) is 5.44. The normalized spacial score (nSPS) is 41.5. The Hall–Kier alpha value is 0.000649. The van der Waals surface area contributed by atoms with Gasteiger partial charge in [0.1, 0.15) is 7.11 Å². The van der Waals surface area contributed by atoms with Gasteiger partial charge in [0.05, 0.1) is 12.3 Å². The Morgan fingerprint density at radius 1 is 0.795 bits per heavy atom. The van der Waals surface area contributed by atoms with Gasteiger partial charge in [-0.3, -0.25) is 0 Å². The second kappa shape index (κ2) is 11.3. The fraction of sp³-hybridized carbons (Fsp3) is 0.968. The van der Waals surface area contributed by atoms with E-state index in [4.69, 9.17) is 18.1 Å². The van der Waals surface area contributed by atoms with E-state index in [0.29, 0.717) is 36.1 Å². The van der Waals surface area contributed by atoms with Gasteiger partial charge in [-0.1, -0.05) is 19.0 Å². The van der Waals surface area contributed by atoms with Crippen molar-refractivity contribution >= 4 is 30.7 Å². The number of fused-ring (bicyclic) bond motifs is 5. The van der Waals surface area contributed by atoms with Gasteiger partial charge in [0.2, 0.25) is 0 Å². The average molecular weight is 596 g/mol. The average Bonchev–Trinajstić information content (AvgIpc) is 3.10. The molecule has 9 atom stereocenters. The molecule has 226 valence electrons. The molecule has 4 rings (SSSR count). The summed E-state index contributed by atoms with van der Waals surface area (Å²) in [6, 6.07) is 0. The molecule has 0 heterocycles. The van der Waals surface area contributed by atoms with E-state index < -0.39 is 25.0 Å². The van der Waals surface area contributed by atoms with Gasteiger partial charge in [0.15, 0.2) is 25.0 Å². The lowest BCUT2D eigenvalue weighted by atomic mass is 9.44. The fourth-order valence-corrected chi connectivity index (χ4v) is 12.6. The van der Waals surface area contributed by atoms with Crippen LogP contribution < -0.4 is 0 Å². The van der Waals surface area contributed by atoms with Crippen LogP contribution in [0, 0.1) is 40.4 Å². The van der Waals surface area contributed by atoms with Crippen molar-refractivity contribution in [1.82, 2.24) is 0 Å². The van der Waals surface area contributed by atoms with Crippen molar-refractivity contribution in [2.75, 3.05) is 13.7 Å². The predicted octanol–water partition coefficient (Wildman–Crippen LogP) is 8.55. The van der Waals surface area contributed by atoms with Gasteiger partial charge in [-0.15, -0.1) is 0 Å². The Bertz CT molecular complexity index is 894. The molecule has 0 unspecified atom stereocenters. The molecule has 0 N–H and O–H groups in total. The molecule has 8 heteroatoms. The summed E-state index contributed by atoms with van der Waals surface area (Å²) in [5.41, 5.74) is 1.68. The smallest absolute Gasteiger partial charge is 0.184 e. The van der Waals surface area contributed by atoms with Gasteiger partial charge < -0.3 is 18.1 Å². The highest BCUT2D eigenvalue weighted by atomic mass is 28.4. The highest BCUT2D eigenvalue weighted by Crippen LogP contribution is 2.68. The quantitative estimate of drug-likeness (QED) is 0.152. The topological polar surface area (TPSA) is 49.3 Å². The highest BCUT2D eigenvalue weighted by Gasteiger charge is 2.64. The van der Waals surface area contributed by atoms with E-state index in [1.807, 2.05) is 0 Å². The SMILES string of the molecule is CO/N=C(\CO[Si](C)(C)C)[C@H]1CC[C@H]2[C@@H]3CC[C@H]4C[C@@H](O[Si](C)(C)C)CC[C@]4(C)[C@H]3[C@@H](O[Si](C)(C)C)C[C@]12C. The molecule has 0 aromatic carbocycles. The molecule has 0 amide bonds. The summed E-state index contributed by atoms with van der Waals surface area (Å²) in [6.45, 7) is 26.9. The third kappa shape index (κ3) is 6.98. The minimum atomic E-state index is -1.73. The monoisotopic (exact) mass is 595 g/mol. The van der Waals surface area contributed by atoms with Crippen LogP contribution in [0.1, 0.15) is 65.2 Å². The number of oxime groups is 1. The lowest BCUT2D eigenvalue weighted by molar-refractivity contribution is -0.168. The largest absolute Gasteiger partial charge is 0.415 e. The first-order valence-corrected chi connectivity index (χ1v) is 26.2. The van der Waals surface area contributed by atoms with Crippen LogP contribution in [-0.2, 0) is 18.1 Å². The summed E-state index contributed by atoms with van der Waals surface area (Å²) < 4.78 is 20.4. The fourth-order valence-electron chi connectivity index (χ4n) is 9.62. The summed E-state index contributed by atoms with van der Waals surface area (Å²) in [5, 5.41) is 4.64. The Morgan fingerprint density at radius 2 is 1.46 bits per heavy atom. The highest BCUT2D eigenvalue weighted by molar-refractivity contribution is 6.70. The molecule has 4 aliphatic carbocycles. The third-order valence-electron chi connectivity index (χ3n) is 10.8. The molecule has 0 aromatic heterocycles. The minimum Gasteiger partial charge on any atom is -0.415 e. The Morgan fingerprint density at radius 3 is 2.05 bits per heavy atom. The van der Waals surface area contributed by atoms with Crippen LogP contribution in [0.25, 0.3) is 0 Å².